The minimum absolute atomic E-state index is 0.0903. The highest BCUT2D eigenvalue weighted by atomic mass is 19.1. The molecule has 0 saturated heterocycles. The molecule has 0 radical (unpaired) electrons. The number of halogens is 1. The van der Waals surface area contributed by atoms with Crippen molar-refractivity contribution in [2.75, 3.05) is 0 Å². The standard InChI is InChI=1S/C6H4FNO2/c7-6-5(10)4(3-9)1-2-8-6/h1-3,10H. The topological polar surface area (TPSA) is 50.2 Å². The third-order valence-electron chi connectivity index (χ3n) is 1.04. The van der Waals surface area contributed by atoms with E-state index in [9.17, 15) is 9.18 Å². The van der Waals surface area contributed by atoms with Gasteiger partial charge in [-0.1, -0.05) is 0 Å². The van der Waals surface area contributed by atoms with Crippen molar-refractivity contribution in [3.05, 3.63) is 23.8 Å². The largest absolute Gasteiger partial charge is 0.503 e. The van der Waals surface area contributed by atoms with Gasteiger partial charge >= 0.3 is 0 Å². The Kier molecular flexibility index (Phi) is 1.62. The van der Waals surface area contributed by atoms with Crippen molar-refractivity contribution in [2.24, 2.45) is 0 Å². The third-order valence-corrected chi connectivity index (χ3v) is 1.04. The number of hydrogen-bond acceptors (Lipinski definition) is 3. The van der Waals surface area contributed by atoms with Crippen LogP contribution in [0.2, 0.25) is 0 Å². The molecule has 0 atom stereocenters. The van der Waals surface area contributed by atoms with E-state index in [1.54, 1.807) is 0 Å². The molecule has 0 aliphatic carbocycles. The van der Waals surface area contributed by atoms with Crippen molar-refractivity contribution in [2.45, 2.75) is 0 Å². The molecule has 0 aromatic carbocycles. The Morgan fingerprint density at radius 3 is 2.90 bits per heavy atom. The van der Waals surface area contributed by atoms with E-state index in [2.05, 4.69) is 4.98 Å². The number of aromatic nitrogens is 1. The first-order valence-electron chi connectivity index (χ1n) is 2.54. The summed E-state index contributed by atoms with van der Waals surface area (Å²) in [5.41, 5.74) is -0.0903. The maximum Gasteiger partial charge on any atom is 0.255 e. The van der Waals surface area contributed by atoms with Gasteiger partial charge in [0, 0.05) is 6.20 Å². The fourth-order valence-electron chi connectivity index (χ4n) is 0.537. The summed E-state index contributed by atoms with van der Waals surface area (Å²) < 4.78 is 12.2. The number of carbonyl (C=O) groups excluding carboxylic acids is 1. The quantitative estimate of drug-likeness (QED) is 0.463. The lowest BCUT2D eigenvalue weighted by Gasteiger charge is -1.94. The molecule has 52 valence electrons. The van der Waals surface area contributed by atoms with Gasteiger partial charge in [-0.2, -0.15) is 4.39 Å². The molecule has 0 amide bonds. The molecule has 1 N–H and O–H groups in total. The van der Waals surface area contributed by atoms with Crippen LogP contribution in [0.1, 0.15) is 10.4 Å². The number of rotatable bonds is 1. The van der Waals surface area contributed by atoms with Crippen molar-refractivity contribution in [1.29, 1.82) is 0 Å². The highest BCUT2D eigenvalue weighted by Gasteiger charge is 2.04. The van der Waals surface area contributed by atoms with Gasteiger partial charge in [0.25, 0.3) is 5.95 Å². The molecule has 1 heterocycles. The lowest BCUT2D eigenvalue weighted by molar-refractivity contribution is 0.112. The summed E-state index contributed by atoms with van der Waals surface area (Å²) in [5, 5.41) is 8.73. The molecule has 1 aromatic rings. The molecule has 0 aliphatic heterocycles. The summed E-state index contributed by atoms with van der Waals surface area (Å²) in [4.78, 5) is 13.1. The summed E-state index contributed by atoms with van der Waals surface area (Å²) in [6.45, 7) is 0. The molecule has 1 aromatic heterocycles. The molecule has 0 bridgehead atoms. The summed E-state index contributed by atoms with van der Waals surface area (Å²) in [5.74, 6) is -1.72. The average molecular weight is 141 g/mol. The maximum atomic E-state index is 12.2. The molecular formula is C6H4FNO2. The Morgan fingerprint density at radius 2 is 2.40 bits per heavy atom. The summed E-state index contributed by atoms with van der Waals surface area (Å²) in [7, 11) is 0. The van der Waals surface area contributed by atoms with Crippen molar-refractivity contribution < 1.29 is 14.3 Å². The Balaban J connectivity index is 3.27. The van der Waals surface area contributed by atoms with Crippen LogP contribution in [0.15, 0.2) is 12.3 Å². The molecule has 0 unspecified atom stereocenters. The molecular weight excluding hydrogens is 137 g/mol. The van der Waals surface area contributed by atoms with Gasteiger partial charge in [-0.3, -0.25) is 4.79 Å². The number of carbonyl (C=O) groups is 1. The molecule has 1 rings (SSSR count). The monoisotopic (exact) mass is 141 g/mol. The summed E-state index contributed by atoms with van der Waals surface area (Å²) in [6, 6.07) is 1.23. The molecule has 4 heteroatoms. The van der Waals surface area contributed by atoms with Crippen molar-refractivity contribution in [3.63, 3.8) is 0 Å². The zero-order chi connectivity index (χ0) is 7.56. The van der Waals surface area contributed by atoms with Crippen LogP contribution in [-0.2, 0) is 0 Å². The zero-order valence-corrected chi connectivity index (χ0v) is 4.91. The Bertz CT molecular complexity index is 262. The van der Waals surface area contributed by atoms with E-state index in [4.69, 9.17) is 5.11 Å². The predicted octanol–water partition coefficient (Wildman–Crippen LogP) is 0.739. The van der Waals surface area contributed by atoms with E-state index in [-0.39, 0.29) is 5.56 Å². The van der Waals surface area contributed by atoms with Gasteiger partial charge in [0.1, 0.15) is 0 Å². The van der Waals surface area contributed by atoms with E-state index < -0.39 is 11.7 Å². The Morgan fingerprint density at radius 1 is 1.70 bits per heavy atom. The van der Waals surface area contributed by atoms with Crippen LogP contribution in [0.5, 0.6) is 5.75 Å². The van der Waals surface area contributed by atoms with Crippen LogP contribution >= 0.6 is 0 Å². The SMILES string of the molecule is O=Cc1ccnc(F)c1O. The van der Waals surface area contributed by atoms with Crippen LogP contribution < -0.4 is 0 Å². The zero-order valence-electron chi connectivity index (χ0n) is 4.91. The molecule has 0 saturated carbocycles. The highest BCUT2D eigenvalue weighted by Crippen LogP contribution is 2.15. The Hall–Kier alpha value is -1.45. The van der Waals surface area contributed by atoms with Gasteiger partial charge in [0.2, 0.25) is 0 Å². The first-order chi connectivity index (χ1) is 4.75. The van der Waals surface area contributed by atoms with Crippen LogP contribution in [0, 0.1) is 5.95 Å². The van der Waals surface area contributed by atoms with Gasteiger partial charge in [0.05, 0.1) is 5.56 Å². The van der Waals surface area contributed by atoms with E-state index in [1.165, 1.54) is 6.07 Å². The molecule has 0 fully saturated rings. The lowest BCUT2D eigenvalue weighted by atomic mass is 10.3. The fourth-order valence-corrected chi connectivity index (χ4v) is 0.537. The van der Waals surface area contributed by atoms with Gasteiger partial charge in [0.15, 0.2) is 12.0 Å². The lowest BCUT2D eigenvalue weighted by Crippen LogP contribution is -1.87. The molecule has 0 aliphatic rings. The van der Waals surface area contributed by atoms with E-state index in [1.807, 2.05) is 0 Å². The first-order valence-corrected chi connectivity index (χ1v) is 2.54. The third kappa shape index (κ3) is 0.953. The Labute approximate surface area is 56.1 Å². The second kappa shape index (κ2) is 2.43. The predicted molar refractivity (Wildman–Crippen MR) is 31.2 cm³/mol. The van der Waals surface area contributed by atoms with E-state index in [0.717, 1.165) is 6.20 Å². The average Bonchev–Trinajstić information content (AvgIpc) is 1.95. The number of pyridine rings is 1. The fraction of sp³-hybridized carbons (Fsp3) is 0. The second-order valence-electron chi connectivity index (χ2n) is 1.66. The van der Waals surface area contributed by atoms with Crippen LogP contribution in [0.3, 0.4) is 0 Å². The summed E-state index contributed by atoms with van der Waals surface area (Å²) in [6.07, 6.45) is 1.47. The smallest absolute Gasteiger partial charge is 0.255 e. The van der Waals surface area contributed by atoms with Crippen LogP contribution in [0.4, 0.5) is 4.39 Å². The van der Waals surface area contributed by atoms with Crippen molar-refractivity contribution in [1.82, 2.24) is 4.98 Å². The normalized spacial score (nSPS) is 9.30. The maximum absolute atomic E-state index is 12.2. The highest BCUT2D eigenvalue weighted by molar-refractivity contribution is 5.78. The number of aromatic hydroxyl groups is 1. The molecule has 10 heavy (non-hydrogen) atoms. The number of nitrogens with zero attached hydrogens (tertiary/aromatic N) is 1. The van der Waals surface area contributed by atoms with Crippen LogP contribution in [0.25, 0.3) is 0 Å². The number of hydrogen-bond donors (Lipinski definition) is 1. The van der Waals surface area contributed by atoms with Gasteiger partial charge in [-0.05, 0) is 6.07 Å². The van der Waals surface area contributed by atoms with E-state index >= 15 is 0 Å². The molecule has 3 nitrogen and oxygen atoms in total. The summed E-state index contributed by atoms with van der Waals surface area (Å²) >= 11 is 0. The van der Waals surface area contributed by atoms with E-state index in [0.29, 0.717) is 6.29 Å². The van der Waals surface area contributed by atoms with Crippen molar-refractivity contribution >= 4 is 6.29 Å². The minimum Gasteiger partial charge on any atom is -0.503 e. The number of aldehydes is 1. The van der Waals surface area contributed by atoms with Crippen molar-refractivity contribution in [3.8, 4) is 5.75 Å². The van der Waals surface area contributed by atoms with Gasteiger partial charge in [-0.25, -0.2) is 4.98 Å². The van der Waals surface area contributed by atoms with Crippen LogP contribution in [-0.4, -0.2) is 16.4 Å². The minimum atomic E-state index is -1.02. The van der Waals surface area contributed by atoms with Gasteiger partial charge < -0.3 is 5.11 Å². The first kappa shape index (κ1) is 6.67. The second-order valence-corrected chi connectivity index (χ2v) is 1.66. The molecule has 0 spiro atoms. The van der Waals surface area contributed by atoms with Gasteiger partial charge in [-0.15, -0.1) is 0 Å².